The molecule has 0 saturated heterocycles. The lowest BCUT2D eigenvalue weighted by Crippen LogP contribution is -1.85. The normalized spacial score (nSPS) is 10.7. The van der Waals surface area contributed by atoms with Crippen molar-refractivity contribution in [3.05, 3.63) is 60.3 Å². The van der Waals surface area contributed by atoms with E-state index in [-0.39, 0.29) is 5.75 Å². The minimum absolute atomic E-state index is 0.270. The van der Waals surface area contributed by atoms with E-state index in [0.29, 0.717) is 0 Å². The monoisotopic (exact) mass is 235 g/mol. The van der Waals surface area contributed by atoms with E-state index in [1.165, 1.54) is 11.1 Å². The van der Waals surface area contributed by atoms with Crippen LogP contribution in [0.5, 0.6) is 5.75 Å². The number of rotatable bonds is 1. The number of aryl methyl sites for hydroxylation is 1. The van der Waals surface area contributed by atoms with Gasteiger partial charge in [0.1, 0.15) is 5.75 Å². The Morgan fingerprint density at radius 1 is 1.00 bits per heavy atom. The van der Waals surface area contributed by atoms with Crippen LogP contribution in [0.25, 0.3) is 22.0 Å². The molecule has 0 aliphatic carbocycles. The molecule has 2 nitrogen and oxygen atoms in total. The highest BCUT2D eigenvalue weighted by Crippen LogP contribution is 2.26. The van der Waals surface area contributed by atoms with E-state index >= 15 is 0 Å². The average molecular weight is 235 g/mol. The first-order valence-electron chi connectivity index (χ1n) is 5.89. The smallest absolute Gasteiger partial charge is 0.116 e. The largest absolute Gasteiger partial charge is 0.508 e. The van der Waals surface area contributed by atoms with E-state index < -0.39 is 0 Å². The number of nitrogens with zero attached hydrogens (tertiary/aromatic N) is 1. The third-order valence-corrected chi connectivity index (χ3v) is 3.12. The van der Waals surface area contributed by atoms with Crippen molar-refractivity contribution in [1.82, 2.24) is 4.98 Å². The van der Waals surface area contributed by atoms with E-state index in [4.69, 9.17) is 0 Å². The van der Waals surface area contributed by atoms with Crippen molar-refractivity contribution >= 4 is 10.9 Å². The lowest BCUT2D eigenvalue weighted by molar-refractivity contribution is 0.476. The molecule has 0 aliphatic rings. The third-order valence-electron chi connectivity index (χ3n) is 3.12. The number of pyridine rings is 1. The number of benzene rings is 2. The molecule has 3 rings (SSSR count). The molecule has 1 aromatic heterocycles. The number of hydrogen-bond acceptors (Lipinski definition) is 2. The lowest BCUT2D eigenvalue weighted by atomic mass is 10.0. The molecule has 0 saturated carbocycles. The Morgan fingerprint density at radius 2 is 1.83 bits per heavy atom. The van der Waals surface area contributed by atoms with Gasteiger partial charge in [-0.3, -0.25) is 4.98 Å². The second-order valence-corrected chi connectivity index (χ2v) is 4.42. The van der Waals surface area contributed by atoms with Crippen LogP contribution in [-0.2, 0) is 0 Å². The van der Waals surface area contributed by atoms with Gasteiger partial charge in [-0.25, -0.2) is 0 Å². The van der Waals surface area contributed by atoms with Crippen LogP contribution < -0.4 is 0 Å². The van der Waals surface area contributed by atoms with Gasteiger partial charge in [0, 0.05) is 17.1 Å². The molecule has 0 bridgehead atoms. The van der Waals surface area contributed by atoms with Crippen LogP contribution >= 0.6 is 0 Å². The molecule has 2 aromatic carbocycles. The first-order chi connectivity index (χ1) is 8.74. The summed E-state index contributed by atoms with van der Waals surface area (Å²) in [5.74, 6) is 0.270. The second-order valence-electron chi connectivity index (χ2n) is 4.42. The van der Waals surface area contributed by atoms with Crippen molar-refractivity contribution in [2.75, 3.05) is 0 Å². The van der Waals surface area contributed by atoms with Crippen molar-refractivity contribution in [2.24, 2.45) is 0 Å². The van der Waals surface area contributed by atoms with E-state index in [2.05, 4.69) is 30.1 Å². The quantitative estimate of drug-likeness (QED) is 0.693. The van der Waals surface area contributed by atoms with Crippen molar-refractivity contribution in [1.29, 1.82) is 0 Å². The van der Waals surface area contributed by atoms with Gasteiger partial charge in [-0.2, -0.15) is 0 Å². The molecule has 1 N–H and O–H groups in total. The molecule has 0 radical (unpaired) electrons. The van der Waals surface area contributed by atoms with Gasteiger partial charge in [-0.1, -0.05) is 24.3 Å². The molecular formula is C16H13NO. The molecule has 18 heavy (non-hydrogen) atoms. The first kappa shape index (κ1) is 10.8. The zero-order valence-electron chi connectivity index (χ0n) is 10.1. The highest BCUT2D eigenvalue weighted by Gasteiger charge is 2.03. The molecule has 0 fully saturated rings. The highest BCUT2D eigenvalue weighted by atomic mass is 16.3. The number of phenolic OH excluding ortho intramolecular Hbond substituents is 1. The zero-order valence-corrected chi connectivity index (χ0v) is 10.1. The third kappa shape index (κ3) is 1.82. The molecule has 2 heteroatoms. The predicted octanol–water partition coefficient (Wildman–Crippen LogP) is 3.92. The summed E-state index contributed by atoms with van der Waals surface area (Å²) in [5.41, 5.74) is 4.37. The summed E-state index contributed by atoms with van der Waals surface area (Å²) in [6, 6.07) is 15.5. The number of aromatic nitrogens is 1. The summed E-state index contributed by atoms with van der Waals surface area (Å²) in [5, 5.41) is 10.5. The van der Waals surface area contributed by atoms with Crippen molar-refractivity contribution in [2.45, 2.75) is 6.92 Å². The van der Waals surface area contributed by atoms with Gasteiger partial charge >= 0.3 is 0 Å². The van der Waals surface area contributed by atoms with Crippen molar-refractivity contribution < 1.29 is 5.11 Å². The zero-order chi connectivity index (χ0) is 12.5. The van der Waals surface area contributed by atoms with Crippen LogP contribution in [0.15, 0.2) is 54.7 Å². The SMILES string of the molecule is Cc1ccccc1-c1cnc2ccc(O)cc2c1. The second kappa shape index (κ2) is 4.15. The fourth-order valence-electron chi connectivity index (χ4n) is 2.16. The minimum atomic E-state index is 0.270. The van der Waals surface area contributed by atoms with Crippen molar-refractivity contribution in [3.63, 3.8) is 0 Å². The van der Waals surface area contributed by atoms with Gasteiger partial charge in [-0.15, -0.1) is 0 Å². The van der Waals surface area contributed by atoms with Gasteiger partial charge in [-0.05, 0) is 42.3 Å². The van der Waals surface area contributed by atoms with Gasteiger partial charge < -0.3 is 5.11 Å². The fraction of sp³-hybridized carbons (Fsp3) is 0.0625. The number of aromatic hydroxyl groups is 1. The van der Waals surface area contributed by atoms with Crippen LogP contribution in [0.3, 0.4) is 0 Å². The number of fused-ring (bicyclic) bond motifs is 1. The summed E-state index contributed by atoms with van der Waals surface area (Å²) in [6.45, 7) is 2.09. The fourth-order valence-corrected chi connectivity index (χ4v) is 2.16. The maximum atomic E-state index is 9.52. The standard InChI is InChI=1S/C16H13NO/c1-11-4-2-3-5-15(11)13-8-12-9-14(18)6-7-16(12)17-10-13/h2-10,18H,1H3. The topological polar surface area (TPSA) is 33.1 Å². The Balaban J connectivity index is 2.22. The summed E-state index contributed by atoms with van der Waals surface area (Å²) < 4.78 is 0. The number of phenols is 1. The van der Waals surface area contributed by atoms with E-state index in [1.807, 2.05) is 24.4 Å². The summed E-state index contributed by atoms with van der Waals surface area (Å²) in [4.78, 5) is 4.43. The maximum Gasteiger partial charge on any atom is 0.116 e. The molecule has 0 unspecified atom stereocenters. The Morgan fingerprint density at radius 3 is 2.67 bits per heavy atom. The Bertz CT molecular complexity index is 719. The summed E-state index contributed by atoms with van der Waals surface area (Å²) in [6.07, 6.45) is 1.88. The molecule has 0 spiro atoms. The van der Waals surface area contributed by atoms with E-state index in [9.17, 15) is 5.11 Å². The van der Waals surface area contributed by atoms with Crippen LogP contribution in [0.4, 0.5) is 0 Å². The average Bonchev–Trinajstić information content (AvgIpc) is 2.38. The van der Waals surface area contributed by atoms with Gasteiger partial charge in [0.15, 0.2) is 0 Å². The molecule has 1 heterocycles. The lowest BCUT2D eigenvalue weighted by Gasteiger charge is -2.06. The van der Waals surface area contributed by atoms with Gasteiger partial charge in [0.25, 0.3) is 0 Å². The molecule has 0 aliphatic heterocycles. The van der Waals surface area contributed by atoms with Crippen molar-refractivity contribution in [3.8, 4) is 16.9 Å². The number of hydrogen-bond donors (Lipinski definition) is 1. The first-order valence-corrected chi connectivity index (χ1v) is 5.89. The Kier molecular flexibility index (Phi) is 2.49. The van der Waals surface area contributed by atoms with E-state index in [0.717, 1.165) is 16.5 Å². The molecule has 3 aromatic rings. The minimum Gasteiger partial charge on any atom is -0.508 e. The van der Waals surface area contributed by atoms with Crippen LogP contribution in [0.1, 0.15) is 5.56 Å². The van der Waals surface area contributed by atoms with Gasteiger partial charge in [0.05, 0.1) is 5.52 Å². The van der Waals surface area contributed by atoms with Crippen LogP contribution in [0, 0.1) is 6.92 Å². The van der Waals surface area contributed by atoms with Crippen LogP contribution in [0.2, 0.25) is 0 Å². The summed E-state index contributed by atoms with van der Waals surface area (Å²) >= 11 is 0. The maximum absolute atomic E-state index is 9.52. The predicted molar refractivity (Wildman–Crippen MR) is 73.6 cm³/mol. The molecular weight excluding hydrogens is 222 g/mol. The molecule has 88 valence electrons. The van der Waals surface area contributed by atoms with E-state index in [1.54, 1.807) is 12.1 Å². The molecule has 0 amide bonds. The highest BCUT2D eigenvalue weighted by molar-refractivity contribution is 5.85. The Labute approximate surface area is 106 Å². The summed E-state index contributed by atoms with van der Waals surface area (Å²) in [7, 11) is 0. The van der Waals surface area contributed by atoms with Gasteiger partial charge in [0.2, 0.25) is 0 Å². The molecule has 0 atom stereocenters. The Hall–Kier alpha value is -2.35. The van der Waals surface area contributed by atoms with Crippen LogP contribution in [-0.4, -0.2) is 10.1 Å².